The Morgan fingerprint density at radius 2 is 0.514 bits per heavy atom. The summed E-state index contributed by atoms with van der Waals surface area (Å²) < 4.78 is 242. The Labute approximate surface area is 413 Å². The zero-order chi connectivity index (χ0) is 53.0. The molecule has 0 atom stereocenters. The highest BCUT2D eigenvalue weighted by molar-refractivity contribution is 7.82. The summed E-state index contributed by atoms with van der Waals surface area (Å²) in [5, 5.41) is -5.25. The Balaban J connectivity index is 1.41. The standard InChI is InChI=1S/C42H22N2O24S6/c45-69(46,47)63-37-17-7-1-3-9-19(17)39(65-71(51,52)53)25-15-29-27(13-23(25)37)31-32-28-14-24-26(40(66-72(54,55)56)20-10-4-2-8-18(20)38(24)64-70(48,49)50)16-30(28)44-36(32)34-33(35(31)43-29)41(67-73(57,58)59)21-11-5-6-12-22(21)42(34)68-74(60,61)62/h1-16H,(H,45,46,47)(H,48,49,50)(H,51,52,53)(H,54,55,56)(H,57,58,59)(H,60,61,62). The van der Waals surface area contributed by atoms with E-state index in [0.717, 1.165) is 24.3 Å². The van der Waals surface area contributed by atoms with Crippen molar-refractivity contribution in [1.82, 2.24) is 0 Å². The van der Waals surface area contributed by atoms with E-state index in [-0.39, 0.29) is 65.9 Å². The highest BCUT2D eigenvalue weighted by atomic mass is 32.3. The minimum Gasteiger partial charge on any atom is -0.360 e. The van der Waals surface area contributed by atoms with Gasteiger partial charge in [0.25, 0.3) is 0 Å². The van der Waals surface area contributed by atoms with Gasteiger partial charge in [-0.2, -0.15) is 50.5 Å². The Kier molecular flexibility index (Phi) is 10.5. The van der Waals surface area contributed by atoms with Gasteiger partial charge in [-0.15, -0.1) is 0 Å². The van der Waals surface area contributed by atoms with Gasteiger partial charge in [0, 0.05) is 76.1 Å². The smallest absolute Gasteiger partial charge is 0.360 e. The Morgan fingerprint density at radius 1 is 0.297 bits per heavy atom. The fourth-order valence-corrected chi connectivity index (χ4v) is 11.6. The molecule has 9 aromatic carbocycles. The van der Waals surface area contributed by atoms with Crippen LogP contribution in [0.2, 0.25) is 0 Å². The van der Waals surface area contributed by atoms with Crippen LogP contribution in [0, 0.1) is 0 Å². The van der Waals surface area contributed by atoms with Crippen molar-refractivity contribution in [2.24, 2.45) is 9.98 Å². The van der Waals surface area contributed by atoms with Crippen LogP contribution in [-0.4, -0.2) is 77.8 Å². The van der Waals surface area contributed by atoms with Gasteiger partial charge < -0.3 is 25.1 Å². The lowest BCUT2D eigenvalue weighted by Crippen LogP contribution is -2.20. The molecule has 0 fully saturated rings. The maximum atomic E-state index is 12.8. The lowest BCUT2D eigenvalue weighted by atomic mass is 9.87. The minimum atomic E-state index is -5.59. The van der Waals surface area contributed by atoms with Crippen molar-refractivity contribution in [2.75, 3.05) is 0 Å². The highest BCUT2D eigenvalue weighted by Crippen LogP contribution is 2.55. The second-order valence-corrected chi connectivity index (χ2v) is 22.1. The van der Waals surface area contributed by atoms with Crippen molar-refractivity contribution >= 4 is 138 Å². The number of benzene rings is 9. The number of fused-ring (bicyclic) bond motifs is 15. The fourth-order valence-electron chi connectivity index (χ4n) is 9.32. The van der Waals surface area contributed by atoms with Gasteiger partial charge in [-0.05, 0) is 24.3 Å². The lowest BCUT2D eigenvalue weighted by Gasteiger charge is -2.18. The monoisotopic (exact) mass is 1130 g/mol. The topological polar surface area (TPSA) is 406 Å². The van der Waals surface area contributed by atoms with E-state index in [0.29, 0.717) is 0 Å². The summed E-state index contributed by atoms with van der Waals surface area (Å²) in [5.74, 6) is -4.28. The number of rotatable bonds is 12. The number of hydrogen-bond donors (Lipinski definition) is 6. The first-order valence-electron chi connectivity index (χ1n) is 20.0. The summed E-state index contributed by atoms with van der Waals surface area (Å²) in [4.78, 5) is 9.46. The quantitative estimate of drug-likeness (QED) is 0.0644. The van der Waals surface area contributed by atoms with Crippen molar-refractivity contribution < 1.29 is 103 Å². The van der Waals surface area contributed by atoms with Crippen LogP contribution in [0.15, 0.2) is 107 Å². The Hall–Kier alpha value is -7.60. The molecule has 2 aliphatic rings. The Morgan fingerprint density at radius 3 is 0.757 bits per heavy atom. The van der Waals surface area contributed by atoms with Crippen LogP contribution in [0.5, 0.6) is 34.5 Å². The third-order valence-electron chi connectivity index (χ3n) is 11.5. The molecule has 74 heavy (non-hydrogen) atoms. The molecule has 380 valence electrons. The van der Waals surface area contributed by atoms with E-state index in [4.69, 9.17) is 35.1 Å². The molecule has 9 aromatic rings. The SMILES string of the molecule is O=S(=O)(O)Oc1c2ccccc2c(OS(=O)(=O)O)c2cc3c(cc12)N=c1c-3c2c(c3c(OS(=O)(=O)O)c4ccccc4c(OS(=O)(=O)O)c13)=Nc1cc3c(OS(=O)(=O)O)c4ccccc4c(OS(=O)(=O)O)c3cc1-2. The zero-order valence-electron chi connectivity index (χ0n) is 35.6. The number of nitrogens with zero attached hydrogens (tertiary/aromatic N) is 2. The summed E-state index contributed by atoms with van der Waals surface area (Å²) in [7, 11) is -32.9. The average molecular weight is 1130 g/mol. The van der Waals surface area contributed by atoms with E-state index in [1.807, 2.05) is 0 Å². The summed E-state index contributed by atoms with van der Waals surface area (Å²) in [6.07, 6.45) is 0. The summed E-state index contributed by atoms with van der Waals surface area (Å²) in [6.45, 7) is 0. The molecular weight excluding hydrogens is 1110 g/mol. The van der Waals surface area contributed by atoms with Crippen LogP contribution >= 0.6 is 0 Å². The average Bonchev–Trinajstić information content (AvgIpc) is 3.83. The van der Waals surface area contributed by atoms with Gasteiger partial charge in [-0.1, -0.05) is 72.8 Å². The molecule has 32 heteroatoms. The van der Waals surface area contributed by atoms with E-state index >= 15 is 0 Å². The molecule has 0 bridgehead atoms. The van der Waals surface area contributed by atoms with Crippen molar-refractivity contribution in [1.29, 1.82) is 0 Å². The molecule has 0 unspecified atom stereocenters. The second kappa shape index (κ2) is 16.0. The molecule has 2 aliphatic heterocycles. The van der Waals surface area contributed by atoms with Gasteiger partial charge in [0.1, 0.15) is 0 Å². The van der Waals surface area contributed by atoms with E-state index in [1.165, 1.54) is 72.8 Å². The van der Waals surface area contributed by atoms with Crippen LogP contribution in [-0.2, 0) is 62.4 Å². The molecule has 11 rings (SSSR count). The van der Waals surface area contributed by atoms with Crippen LogP contribution in [0.25, 0.3) is 86.9 Å². The molecular formula is C42H22N2O24S6. The largest absolute Gasteiger partial charge is 0.446 e. The van der Waals surface area contributed by atoms with E-state index in [2.05, 4.69) is 0 Å². The maximum Gasteiger partial charge on any atom is 0.446 e. The van der Waals surface area contributed by atoms with Crippen LogP contribution in [0.4, 0.5) is 11.4 Å². The van der Waals surface area contributed by atoms with Gasteiger partial charge in [-0.3, -0.25) is 27.3 Å². The molecule has 2 heterocycles. The normalized spacial score (nSPS) is 13.6. The van der Waals surface area contributed by atoms with Gasteiger partial charge in [-0.25, -0.2) is 9.98 Å². The minimum absolute atomic E-state index is 0.159. The van der Waals surface area contributed by atoms with Gasteiger partial charge in [0.05, 0.1) is 32.9 Å². The third-order valence-corrected chi connectivity index (χ3v) is 13.8. The predicted octanol–water partition coefficient (Wildman–Crippen LogP) is 5.56. The molecule has 0 aromatic heterocycles. The molecule has 0 spiro atoms. The molecule has 0 amide bonds. The van der Waals surface area contributed by atoms with Crippen molar-refractivity contribution in [3.63, 3.8) is 0 Å². The van der Waals surface area contributed by atoms with Crippen LogP contribution < -0.4 is 35.8 Å². The van der Waals surface area contributed by atoms with Crippen LogP contribution in [0.1, 0.15) is 0 Å². The molecule has 0 saturated heterocycles. The number of hydrogen-bond acceptors (Lipinski definition) is 20. The lowest BCUT2D eigenvalue weighted by molar-refractivity contribution is 0.385. The highest BCUT2D eigenvalue weighted by Gasteiger charge is 2.36. The molecule has 6 N–H and O–H groups in total. The zero-order valence-corrected chi connectivity index (χ0v) is 40.5. The van der Waals surface area contributed by atoms with Crippen molar-refractivity contribution in [2.45, 2.75) is 0 Å². The Bertz CT molecular complexity index is 4700. The van der Waals surface area contributed by atoms with E-state index in [9.17, 15) is 77.8 Å². The van der Waals surface area contributed by atoms with Gasteiger partial charge in [0.2, 0.25) is 0 Å². The first-order chi connectivity index (χ1) is 34.4. The van der Waals surface area contributed by atoms with E-state index in [1.54, 1.807) is 0 Å². The second-order valence-electron chi connectivity index (χ2n) is 15.9. The first kappa shape index (κ1) is 48.7. The summed E-state index contributed by atoms with van der Waals surface area (Å²) >= 11 is 0. The third kappa shape index (κ3) is 8.41. The van der Waals surface area contributed by atoms with Crippen LogP contribution in [0.3, 0.4) is 0 Å². The van der Waals surface area contributed by atoms with Crippen molar-refractivity contribution in [3.05, 3.63) is 108 Å². The molecule has 0 saturated carbocycles. The molecule has 0 aliphatic carbocycles. The molecule has 26 nitrogen and oxygen atoms in total. The van der Waals surface area contributed by atoms with Crippen molar-refractivity contribution in [3.8, 4) is 56.8 Å². The van der Waals surface area contributed by atoms with Gasteiger partial charge in [0.15, 0.2) is 34.5 Å². The predicted molar refractivity (Wildman–Crippen MR) is 257 cm³/mol. The summed E-state index contributed by atoms with van der Waals surface area (Å²) in [5.41, 5.74) is -1.27. The molecule has 0 radical (unpaired) electrons. The fraction of sp³-hybridized carbons (Fsp3) is 0. The first-order valence-corrected chi connectivity index (χ1v) is 28.2. The summed E-state index contributed by atoms with van der Waals surface area (Å²) in [6, 6.07) is 19.7. The van der Waals surface area contributed by atoms with E-state index < -0.39 is 140 Å². The van der Waals surface area contributed by atoms with Gasteiger partial charge >= 0.3 is 62.4 Å². The maximum absolute atomic E-state index is 12.8.